The Balaban J connectivity index is 2.05. The van der Waals surface area contributed by atoms with E-state index in [2.05, 4.69) is 10.2 Å². The quantitative estimate of drug-likeness (QED) is 0.829. The number of aromatic nitrogens is 3. The van der Waals surface area contributed by atoms with Gasteiger partial charge in [-0.3, -0.25) is 4.57 Å². The van der Waals surface area contributed by atoms with Gasteiger partial charge in [-0.25, -0.2) is 4.39 Å². The minimum atomic E-state index is -0.226. The second kappa shape index (κ2) is 4.52. The highest BCUT2D eigenvalue weighted by Gasteiger charge is 2.06. The van der Waals surface area contributed by atoms with E-state index in [1.807, 2.05) is 6.07 Å². The van der Waals surface area contributed by atoms with E-state index < -0.39 is 0 Å². The van der Waals surface area contributed by atoms with E-state index in [0.717, 1.165) is 10.7 Å². The second-order valence-corrected chi connectivity index (χ2v) is 4.26. The van der Waals surface area contributed by atoms with Gasteiger partial charge >= 0.3 is 0 Å². The third-order valence-corrected chi connectivity index (χ3v) is 3.22. The first kappa shape index (κ1) is 10.9. The molecule has 0 bridgehead atoms. The molecule has 0 saturated heterocycles. The van der Waals surface area contributed by atoms with Crippen LogP contribution in [-0.2, 0) is 12.8 Å². The van der Waals surface area contributed by atoms with Crippen LogP contribution in [0.25, 0.3) is 0 Å². The molecule has 84 valence electrons. The molecule has 0 aliphatic carbocycles. The molecule has 0 aliphatic heterocycles. The Kier molecular flexibility index (Phi) is 3.09. The molecule has 16 heavy (non-hydrogen) atoms. The van der Waals surface area contributed by atoms with Gasteiger partial charge in [0.25, 0.3) is 0 Å². The maximum Gasteiger partial charge on any atom is 0.222 e. The van der Waals surface area contributed by atoms with Crippen LogP contribution in [-0.4, -0.2) is 14.8 Å². The molecule has 0 saturated carbocycles. The predicted octanol–water partition coefficient (Wildman–Crippen LogP) is 1.83. The normalized spacial score (nSPS) is 10.6. The van der Waals surface area contributed by atoms with Crippen LogP contribution < -0.4 is 5.73 Å². The number of rotatable bonds is 3. The molecule has 0 unspecified atom stereocenters. The van der Waals surface area contributed by atoms with Gasteiger partial charge in [0, 0.05) is 12.8 Å². The standard InChI is InChI=1S/C10H11FN4S/c1-15-9(12)13-14-10(15)16-6-7-3-2-4-8(11)5-7/h2-5H,6H2,1H3,(H2,12,13). The van der Waals surface area contributed by atoms with Gasteiger partial charge in [0.1, 0.15) is 5.82 Å². The number of nitrogens with two attached hydrogens (primary N) is 1. The lowest BCUT2D eigenvalue weighted by Gasteiger charge is -2.01. The summed E-state index contributed by atoms with van der Waals surface area (Å²) in [7, 11) is 1.79. The number of nitrogen functional groups attached to an aromatic ring is 1. The number of nitrogens with zero attached hydrogens (tertiary/aromatic N) is 3. The molecule has 2 N–H and O–H groups in total. The molecule has 2 aromatic rings. The second-order valence-electron chi connectivity index (χ2n) is 3.32. The van der Waals surface area contributed by atoms with Crippen molar-refractivity contribution in [1.29, 1.82) is 0 Å². The highest BCUT2D eigenvalue weighted by Crippen LogP contribution is 2.21. The number of halogens is 1. The Morgan fingerprint density at radius 3 is 2.88 bits per heavy atom. The molecule has 6 heteroatoms. The van der Waals surface area contributed by atoms with Gasteiger partial charge in [0.15, 0.2) is 5.16 Å². The Bertz CT molecular complexity index is 497. The van der Waals surface area contributed by atoms with E-state index in [9.17, 15) is 4.39 Å². The monoisotopic (exact) mass is 238 g/mol. The van der Waals surface area contributed by atoms with Crippen molar-refractivity contribution in [2.45, 2.75) is 10.9 Å². The van der Waals surface area contributed by atoms with E-state index in [-0.39, 0.29) is 5.82 Å². The summed E-state index contributed by atoms with van der Waals surface area (Å²) in [5.74, 6) is 0.793. The average Bonchev–Trinajstić information content (AvgIpc) is 2.57. The molecule has 1 aromatic carbocycles. The Labute approximate surface area is 96.7 Å². The van der Waals surface area contributed by atoms with E-state index in [0.29, 0.717) is 11.7 Å². The fourth-order valence-corrected chi connectivity index (χ4v) is 2.09. The molecule has 0 radical (unpaired) electrons. The Morgan fingerprint density at radius 2 is 2.25 bits per heavy atom. The van der Waals surface area contributed by atoms with Gasteiger partial charge in [0.05, 0.1) is 0 Å². The van der Waals surface area contributed by atoms with Gasteiger partial charge in [-0.15, -0.1) is 10.2 Å². The van der Waals surface area contributed by atoms with Gasteiger partial charge in [-0.05, 0) is 17.7 Å². The van der Waals surface area contributed by atoms with Gasteiger partial charge < -0.3 is 5.73 Å². The van der Waals surface area contributed by atoms with Crippen molar-refractivity contribution in [2.75, 3.05) is 5.73 Å². The lowest BCUT2D eigenvalue weighted by atomic mass is 10.2. The van der Waals surface area contributed by atoms with Crippen molar-refractivity contribution in [3.8, 4) is 0 Å². The van der Waals surface area contributed by atoms with Crippen molar-refractivity contribution in [2.24, 2.45) is 7.05 Å². The van der Waals surface area contributed by atoms with Crippen LogP contribution in [0.15, 0.2) is 29.4 Å². The number of anilines is 1. The fourth-order valence-electron chi connectivity index (χ4n) is 1.23. The summed E-state index contributed by atoms with van der Waals surface area (Å²) in [6, 6.07) is 6.49. The summed E-state index contributed by atoms with van der Waals surface area (Å²) in [5.41, 5.74) is 6.46. The number of hydrogen-bond acceptors (Lipinski definition) is 4. The third kappa shape index (κ3) is 2.33. The summed E-state index contributed by atoms with van der Waals surface area (Å²) in [6.45, 7) is 0. The number of thioether (sulfide) groups is 1. The van der Waals surface area contributed by atoms with Gasteiger partial charge in [-0.2, -0.15) is 0 Å². The third-order valence-electron chi connectivity index (χ3n) is 2.13. The fraction of sp³-hybridized carbons (Fsp3) is 0.200. The maximum atomic E-state index is 12.9. The van der Waals surface area contributed by atoms with E-state index in [4.69, 9.17) is 5.73 Å². The molecule has 0 spiro atoms. The zero-order valence-corrected chi connectivity index (χ0v) is 9.54. The first-order valence-corrected chi connectivity index (χ1v) is 5.67. The zero-order chi connectivity index (χ0) is 11.5. The van der Waals surface area contributed by atoms with E-state index in [1.165, 1.54) is 23.9 Å². The van der Waals surface area contributed by atoms with Gasteiger partial charge in [-0.1, -0.05) is 23.9 Å². The Morgan fingerprint density at radius 1 is 1.44 bits per heavy atom. The maximum absolute atomic E-state index is 12.9. The highest BCUT2D eigenvalue weighted by molar-refractivity contribution is 7.98. The van der Waals surface area contributed by atoms with Crippen molar-refractivity contribution in [3.05, 3.63) is 35.6 Å². The predicted molar refractivity (Wildman–Crippen MR) is 61.4 cm³/mol. The lowest BCUT2D eigenvalue weighted by molar-refractivity contribution is 0.626. The minimum absolute atomic E-state index is 0.226. The molecule has 0 aliphatic rings. The molecule has 0 amide bonds. The molecule has 0 atom stereocenters. The van der Waals surface area contributed by atoms with Crippen LogP contribution in [0.1, 0.15) is 5.56 Å². The van der Waals surface area contributed by atoms with Gasteiger partial charge in [0.2, 0.25) is 5.95 Å². The summed E-state index contributed by atoms with van der Waals surface area (Å²) < 4.78 is 14.6. The van der Waals surface area contributed by atoms with E-state index >= 15 is 0 Å². The molecule has 4 nitrogen and oxygen atoms in total. The van der Waals surface area contributed by atoms with E-state index in [1.54, 1.807) is 17.7 Å². The largest absolute Gasteiger partial charge is 0.368 e. The van der Waals surface area contributed by atoms with Crippen LogP contribution in [0.3, 0.4) is 0 Å². The number of hydrogen-bond donors (Lipinski definition) is 1. The summed E-state index contributed by atoms with van der Waals surface area (Å²) >= 11 is 1.47. The first-order chi connectivity index (χ1) is 7.66. The van der Waals surface area contributed by atoms with Crippen molar-refractivity contribution >= 4 is 17.7 Å². The van der Waals surface area contributed by atoms with Crippen molar-refractivity contribution in [1.82, 2.24) is 14.8 Å². The van der Waals surface area contributed by atoms with Crippen molar-refractivity contribution < 1.29 is 4.39 Å². The molecule has 0 fully saturated rings. The first-order valence-electron chi connectivity index (χ1n) is 4.69. The van der Waals surface area contributed by atoms with Crippen molar-refractivity contribution in [3.63, 3.8) is 0 Å². The Hall–Kier alpha value is -1.56. The summed E-state index contributed by atoms with van der Waals surface area (Å²) in [6.07, 6.45) is 0. The number of benzene rings is 1. The molecule has 1 heterocycles. The SMILES string of the molecule is Cn1c(N)nnc1SCc1cccc(F)c1. The highest BCUT2D eigenvalue weighted by atomic mass is 32.2. The van der Waals surface area contributed by atoms with Crippen LogP contribution >= 0.6 is 11.8 Å². The summed E-state index contributed by atoms with van der Waals surface area (Å²) in [4.78, 5) is 0. The minimum Gasteiger partial charge on any atom is -0.368 e. The van der Waals surface area contributed by atoms with Crippen LogP contribution in [0.4, 0.5) is 10.3 Å². The molecule has 1 aromatic heterocycles. The summed E-state index contributed by atoms with van der Waals surface area (Å²) in [5, 5.41) is 8.38. The average molecular weight is 238 g/mol. The molecule has 2 rings (SSSR count). The smallest absolute Gasteiger partial charge is 0.222 e. The molecular formula is C10H11FN4S. The zero-order valence-electron chi connectivity index (χ0n) is 8.72. The molecular weight excluding hydrogens is 227 g/mol. The topological polar surface area (TPSA) is 56.7 Å². The van der Waals surface area contributed by atoms with Crippen LogP contribution in [0.2, 0.25) is 0 Å². The van der Waals surface area contributed by atoms with Crippen LogP contribution in [0.5, 0.6) is 0 Å². The lowest BCUT2D eigenvalue weighted by Crippen LogP contribution is -1.98. The van der Waals surface area contributed by atoms with Crippen LogP contribution in [0, 0.1) is 5.82 Å².